The van der Waals surface area contributed by atoms with Crippen LogP contribution in [0.1, 0.15) is 22.9 Å². The van der Waals surface area contributed by atoms with Gasteiger partial charge >= 0.3 is 0 Å². The zero-order valence-electron chi connectivity index (χ0n) is 11.5. The Morgan fingerprint density at radius 3 is 2.35 bits per heavy atom. The topological polar surface area (TPSA) is 67.4 Å². The van der Waals surface area contributed by atoms with E-state index in [9.17, 15) is 5.26 Å². The van der Waals surface area contributed by atoms with Crippen LogP contribution in [0.4, 0.5) is 0 Å². The quantitative estimate of drug-likeness (QED) is 0.676. The van der Waals surface area contributed by atoms with E-state index in [1.165, 1.54) is 5.56 Å². The van der Waals surface area contributed by atoms with Gasteiger partial charge in [-0.05, 0) is 32.9 Å². The number of fused-ring (bicyclic) bond motifs is 1. The molecule has 0 fully saturated rings. The molecule has 0 saturated heterocycles. The van der Waals surface area contributed by atoms with Gasteiger partial charge in [-0.2, -0.15) is 5.26 Å². The maximum absolute atomic E-state index is 9.18. The van der Waals surface area contributed by atoms with Crippen LogP contribution in [-0.2, 0) is 0 Å². The Labute approximate surface area is 116 Å². The first-order valence-corrected chi connectivity index (χ1v) is 6.31. The lowest BCUT2D eigenvalue weighted by Gasteiger charge is -2.06. The molecular weight excluding hydrogens is 250 g/mol. The minimum Gasteiger partial charge on any atom is -0.281 e. The molecule has 3 rings (SSSR count). The second-order valence-corrected chi connectivity index (χ2v) is 4.73. The average Bonchev–Trinajstić information content (AvgIpc) is 2.75. The summed E-state index contributed by atoms with van der Waals surface area (Å²) < 4.78 is 1.95. The van der Waals surface area contributed by atoms with Crippen molar-refractivity contribution in [1.29, 1.82) is 5.26 Å². The third kappa shape index (κ3) is 1.82. The van der Waals surface area contributed by atoms with Crippen LogP contribution >= 0.6 is 0 Å². The maximum Gasteiger partial charge on any atom is 0.172 e. The summed E-state index contributed by atoms with van der Waals surface area (Å²) in [6.45, 7) is 5.73. The lowest BCUT2D eigenvalue weighted by Crippen LogP contribution is -2.00. The Kier molecular flexibility index (Phi) is 2.72. The molecule has 0 N–H and O–H groups in total. The number of nitriles is 1. The number of nitrogens with zero attached hydrogens (tertiary/aromatic N) is 5. The predicted octanol–water partition coefficient (Wildman–Crippen LogP) is 2.61. The Hall–Kier alpha value is -2.74. The number of aryl methyl sites for hydroxylation is 3. The number of imidazole rings is 1. The third-order valence-corrected chi connectivity index (χ3v) is 3.18. The average molecular weight is 263 g/mol. The van der Waals surface area contributed by atoms with E-state index in [1.807, 2.05) is 42.7 Å². The first-order valence-electron chi connectivity index (χ1n) is 6.31. The van der Waals surface area contributed by atoms with E-state index >= 15 is 0 Å². The van der Waals surface area contributed by atoms with Crippen molar-refractivity contribution in [3.8, 4) is 11.8 Å². The molecule has 0 aliphatic rings. The maximum atomic E-state index is 9.18. The van der Waals surface area contributed by atoms with Crippen LogP contribution in [-0.4, -0.2) is 19.5 Å². The number of rotatable bonds is 1. The van der Waals surface area contributed by atoms with Gasteiger partial charge in [-0.15, -0.1) is 0 Å². The highest BCUT2D eigenvalue weighted by molar-refractivity contribution is 5.78. The van der Waals surface area contributed by atoms with Crippen LogP contribution in [0.2, 0.25) is 0 Å². The summed E-state index contributed by atoms with van der Waals surface area (Å²) in [4.78, 5) is 13.0. The van der Waals surface area contributed by atoms with Crippen LogP contribution in [0.5, 0.6) is 0 Å². The van der Waals surface area contributed by atoms with Gasteiger partial charge in [0.2, 0.25) is 0 Å². The number of benzene rings is 1. The van der Waals surface area contributed by atoms with Crippen LogP contribution in [0.3, 0.4) is 0 Å². The summed E-state index contributed by atoms with van der Waals surface area (Å²) in [6, 6.07) is 10.2. The minimum absolute atomic E-state index is 0.321. The lowest BCUT2D eigenvalue weighted by atomic mass is 10.2. The van der Waals surface area contributed by atoms with Crippen molar-refractivity contribution in [3.05, 3.63) is 47.2 Å². The SMILES string of the molecule is Cc1ccc(-n2c(C)nc3c(C#N)nc(C)nc32)cc1. The van der Waals surface area contributed by atoms with Gasteiger partial charge in [-0.3, -0.25) is 4.57 Å². The van der Waals surface area contributed by atoms with Gasteiger partial charge in [-0.1, -0.05) is 17.7 Å². The second-order valence-electron chi connectivity index (χ2n) is 4.73. The van der Waals surface area contributed by atoms with E-state index < -0.39 is 0 Å². The molecule has 0 spiro atoms. The van der Waals surface area contributed by atoms with Crippen molar-refractivity contribution in [3.63, 3.8) is 0 Å². The number of aromatic nitrogens is 4. The Bertz CT molecular complexity index is 837. The van der Waals surface area contributed by atoms with E-state index in [4.69, 9.17) is 0 Å². The highest BCUT2D eigenvalue weighted by Crippen LogP contribution is 2.21. The van der Waals surface area contributed by atoms with Gasteiger partial charge in [0.1, 0.15) is 23.2 Å². The molecule has 0 saturated carbocycles. The molecule has 3 aromatic rings. The molecule has 0 amide bonds. The summed E-state index contributed by atoms with van der Waals surface area (Å²) in [5, 5.41) is 9.18. The van der Waals surface area contributed by atoms with Crippen LogP contribution in [0.15, 0.2) is 24.3 Å². The molecule has 5 heteroatoms. The second kappa shape index (κ2) is 4.42. The fourth-order valence-corrected chi connectivity index (χ4v) is 2.26. The molecule has 0 aliphatic heterocycles. The standard InChI is InChI=1S/C15H13N5/c1-9-4-6-12(7-5-9)20-11(3)19-14-13(8-16)17-10(2)18-15(14)20/h4-7H,1-3H3. The molecule has 0 aliphatic carbocycles. The molecule has 98 valence electrons. The smallest absolute Gasteiger partial charge is 0.172 e. The summed E-state index contributed by atoms with van der Waals surface area (Å²) in [7, 11) is 0. The molecule has 0 radical (unpaired) electrons. The number of hydrogen-bond donors (Lipinski definition) is 0. The van der Waals surface area contributed by atoms with Crippen molar-refractivity contribution < 1.29 is 0 Å². The normalized spacial score (nSPS) is 10.7. The first-order chi connectivity index (χ1) is 9.60. The fourth-order valence-electron chi connectivity index (χ4n) is 2.26. The summed E-state index contributed by atoms with van der Waals surface area (Å²) >= 11 is 0. The van der Waals surface area contributed by atoms with E-state index in [2.05, 4.69) is 21.0 Å². The van der Waals surface area contributed by atoms with Crippen molar-refractivity contribution >= 4 is 11.2 Å². The molecule has 0 atom stereocenters. The summed E-state index contributed by atoms with van der Waals surface area (Å²) in [5.41, 5.74) is 3.73. The highest BCUT2D eigenvalue weighted by Gasteiger charge is 2.15. The first kappa shape index (κ1) is 12.3. The summed E-state index contributed by atoms with van der Waals surface area (Å²) in [5.74, 6) is 1.36. The molecule has 2 aromatic heterocycles. The van der Waals surface area contributed by atoms with E-state index in [-0.39, 0.29) is 0 Å². The van der Waals surface area contributed by atoms with Gasteiger partial charge in [0.05, 0.1) is 0 Å². The van der Waals surface area contributed by atoms with E-state index in [0.717, 1.165) is 11.5 Å². The van der Waals surface area contributed by atoms with Crippen molar-refractivity contribution in [1.82, 2.24) is 19.5 Å². The third-order valence-electron chi connectivity index (χ3n) is 3.18. The lowest BCUT2D eigenvalue weighted by molar-refractivity contribution is 0.973. The molecule has 0 unspecified atom stereocenters. The van der Waals surface area contributed by atoms with Crippen LogP contribution in [0.25, 0.3) is 16.9 Å². The molecule has 2 heterocycles. The molecule has 5 nitrogen and oxygen atoms in total. The molecule has 0 bridgehead atoms. The summed E-state index contributed by atoms with van der Waals surface area (Å²) in [6.07, 6.45) is 0. The van der Waals surface area contributed by atoms with Crippen LogP contribution in [0, 0.1) is 32.1 Å². The molecular formula is C15H13N5. The van der Waals surface area contributed by atoms with E-state index in [0.29, 0.717) is 22.7 Å². The van der Waals surface area contributed by atoms with Crippen molar-refractivity contribution in [2.75, 3.05) is 0 Å². The highest BCUT2D eigenvalue weighted by atomic mass is 15.1. The zero-order chi connectivity index (χ0) is 14.3. The number of hydrogen-bond acceptors (Lipinski definition) is 4. The Morgan fingerprint density at radius 2 is 1.70 bits per heavy atom. The Balaban J connectivity index is 2.36. The van der Waals surface area contributed by atoms with Crippen molar-refractivity contribution in [2.24, 2.45) is 0 Å². The monoisotopic (exact) mass is 263 g/mol. The zero-order valence-corrected chi connectivity index (χ0v) is 11.5. The minimum atomic E-state index is 0.321. The Morgan fingerprint density at radius 1 is 1.00 bits per heavy atom. The van der Waals surface area contributed by atoms with Gasteiger partial charge in [-0.25, -0.2) is 15.0 Å². The van der Waals surface area contributed by atoms with Gasteiger partial charge in [0.25, 0.3) is 0 Å². The van der Waals surface area contributed by atoms with Gasteiger partial charge in [0.15, 0.2) is 11.3 Å². The van der Waals surface area contributed by atoms with Crippen molar-refractivity contribution in [2.45, 2.75) is 20.8 Å². The van der Waals surface area contributed by atoms with Crippen LogP contribution < -0.4 is 0 Å². The largest absolute Gasteiger partial charge is 0.281 e. The van der Waals surface area contributed by atoms with E-state index in [1.54, 1.807) is 6.92 Å². The van der Waals surface area contributed by atoms with Gasteiger partial charge < -0.3 is 0 Å². The van der Waals surface area contributed by atoms with Gasteiger partial charge in [0, 0.05) is 5.69 Å². The fraction of sp³-hybridized carbons (Fsp3) is 0.200. The molecule has 20 heavy (non-hydrogen) atoms. The molecule has 1 aromatic carbocycles. The predicted molar refractivity (Wildman–Crippen MR) is 75.6 cm³/mol.